The minimum atomic E-state index is -5.45. The highest BCUT2D eigenvalue weighted by Crippen LogP contribution is 2.46. The third-order valence-corrected chi connectivity index (χ3v) is 8.81. The molecule has 0 unspecified atom stereocenters. The Morgan fingerprint density at radius 1 is 0.459 bits per heavy atom. The number of hydrogen-bond acceptors (Lipinski definition) is 7. The Kier molecular flexibility index (Phi) is 10.1. The molecule has 0 saturated heterocycles. The van der Waals surface area contributed by atoms with Crippen molar-refractivity contribution in [2.75, 3.05) is 0 Å². The standard InChI is InChI=1S/C39H12F14N8/c1-55-61-36-34-32(57-27(19-6-2-15(40)10-23(19)37(45,46)47)28(59-34)20-7-3-16(41)11-24(20)38(48,49)50)31(56-14-54)33-35(36)60-30(22-9-5-18(43)13-26(22)44)29(58-33)21-8-4-17(42)12-25(21)39(51,52)53/h2-13H. The number of hydrogen-bond donors (Lipinski definition) is 0. The monoisotopic (exact) mass is 858 g/mol. The molecule has 22 heteroatoms. The van der Waals surface area contributed by atoms with Gasteiger partial charge in [-0.25, -0.2) is 41.9 Å². The summed E-state index contributed by atoms with van der Waals surface area (Å²) in [5.74, 6) is -6.97. The molecule has 0 aliphatic heterocycles. The molecular formula is C39H12F14N8. The number of fused-ring (bicyclic) bond motifs is 2. The van der Waals surface area contributed by atoms with E-state index >= 15 is 4.39 Å². The minimum Gasteiger partial charge on any atom is -0.241 e. The van der Waals surface area contributed by atoms with E-state index in [0.717, 1.165) is 0 Å². The first kappa shape index (κ1) is 41.5. The topological polar surface area (TPSA) is 104 Å². The normalized spacial score (nSPS) is 14.1. The van der Waals surface area contributed by atoms with Crippen molar-refractivity contribution in [2.45, 2.75) is 18.5 Å². The van der Waals surface area contributed by atoms with Crippen molar-refractivity contribution in [2.24, 2.45) is 10.1 Å². The van der Waals surface area contributed by atoms with Gasteiger partial charge in [0.05, 0.1) is 38.9 Å². The number of alkyl halides is 9. The molecule has 0 amide bonds. The first-order chi connectivity index (χ1) is 28.6. The predicted molar refractivity (Wildman–Crippen MR) is 184 cm³/mol. The summed E-state index contributed by atoms with van der Waals surface area (Å²) in [5.41, 5.74) is -18.8. The Balaban J connectivity index is 1.67. The average molecular weight is 859 g/mol. The van der Waals surface area contributed by atoms with Gasteiger partial charge in [-0.2, -0.15) is 56.3 Å². The summed E-state index contributed by atoms with van der Waals surface area (Å²) in [6, 6.07) is 4.67. The number of nitriles is 1. The maximum absolute atomic E-state index is 15.5. The van der Waals surface area contributed by atoms with E-state index in [2.05, 4.69) is 35.0 Å². The van der Waals surface area contributed by atoms with E-state index < -0.39 is 144 Å². The molecule has 7 rings (SSSR count). The van der Waals surface area contributed by atoms with E-state index in [9.17, 15) is 62.3 Å². The molecule has 61 heavy (non-hydrogen) atoms. The molecule has 0 N–H and O–H groups in total. The van der Waals surface area contributed by atoms with Crippen LogP contribution in [0.3, 0.4) is 0 Å². The first-order valence-corrected chi connectivity index (χ1v) is 16.5. The summed E-state index contributed by atoms with van der Waals surface area (Å²) >= 11 is 0. The van der Waals surface area contributed by atoms with Crippen molar-refractivity contribution in [3.63, 3.8) is 0 Å². The number of aliphatic imine (C=N–C) groups is 1. The Hall–Kier alpha value is -7.62. The molecule has 8 nitrogen and oxygen atoms in total. The largest absolute Gasteiger partial charge is 0.417 e. The van der Waals surface area contributed by atoms with Crippen molar-refractivity contribution in [3.05, 3.63) is 153 Å². The van der Waals surface area contributed by atoms with Crippen LogP contribution in [0.25, 0.3) is 50.0 Å². The summed E-state index contributed by atoms with van der Waals surface area (Å²) < 4.78 is 203. The van der Waals surface area contributed by atoms with Gasteiger partial charge in [0.2, 0.25) is 11.9 Å². The second-order valence-corrected chi connectivity index (χ2v) is 12.5. The number of aromatic nitrogens is 4. The van der Waals surface area contributed by atoms with Gasteiger partial charge in [-0.3, -0.25) is 0 Å². The van der Waals surface area contributed by atoms with Crippen molar-refractivity contribution < 1.29 is 61.5 Å². The fourth-order valence-corrected chi connectivity index (χ4v) is 6.36. The number of benzene rings is 4. The average Bonchev–Trinajstić information content (AvgIpc) is 3.17. The lowest BCUT2D eigenvalue weighted by Crippen LogP contribution is -2.29. The number of halogens is 14. The Morgan fingerprint density at radius 2 is 0.770 bits per heavy atom. The van der Waals surface area contributed by atoms with Gasteiger partial charge in [0.25, 0.3) is 0 Å². The maximum atomic E-state index is 15.5. The highest BCUT2D eigenvalue weighted by atomic mass is 19.4. The first-order valence-electron chi connectivity index (χ1n) is 16.5. The minimum absolute atomic E-state index is 0.0250. The van der Waals surface area contributed by atoms with Crippen LogP contribution in [0.15, 0.2) is 82.9 Å². The zero-order chi connectivity index (χ0) is 44.3. The molecular weight excluding hydrogens is 846 g/mol. The van der Waals surface area contributed by atoms with Crippen LogP contribution >= 0.6 is 0 Å². The second-order valence-electron chi connectivity index (χ2n) is 12.5. The van der Waals surface area contributed by atoms with Crippen LogP contribution in [0.5, 0.6) is 0 Å². The Labute approximate surface area is 330 Å². The molecule has 2 aromatic heterocycles. The summed E-state index contributed by atoms with van der Waals surface area (Å²) in [5, 5.41) is 13.4. The lowest BCUT2D eigenvalue weighted by Gasteiger charge is -2.24. The van der Waals surface area contributed by atoms with Crippen LogP contribution in [0, 0.1) is 47.1 Å². The van der Waals surface area contributed by atoms with E-state index in [1.807, 2.05) is 0 Å². The van der Waals surface area contributed by atoms with Crippen LogP contribution in [0.4, 0.5) is 61.5 Å². The van der Waals surface area contributed by atoms with E-state index in [0.29, 0.717) is 54.6 Å². The van der Waals surface area contributed by atoms with E-state index in [1.165, 1.54) is 6.19 Å². The van der Waals surface area contributed by atoms with Gasteiger partial charge >= 0.3 is 18.5 Å². The van der Waals surface area contributed by atoms with Crippen molar-refractivity contribution in [1.82, 2.24) is 19.9 Å². The molecule has 1 aliphatic rings. The molecule has 0 atom stereocenters. The van der Waals surface area contributed by atoms with Gasteiger partial charge in [-0.05, 0) is 66.7 Å². The highest BCUT2D eigenvalue weighted by molar-refractivity contribution is 6.29. The van der Waals surface area contributed by atoms with Crippen molar-refractivity contribution in [3.8, 4) is 51.2 Å². The fourth-order valence-electron chi connectivity index (χ4n) is 6.36. The van der Waals surface area contributed by atoms with Gasteiger partial charge in [-0.1, -0.05) is 0 Å². The Bertz CT molecular complexity index is 2970. The Morgan fingerprint density at radius 3 is 1.08 bits per heavy atom. The van der Waals surface area contributed by atoms with Gasteiger partial charge in [-0.15, -0.1) is 4.95 Å². The summed E-state index contributed by atoms with van der Waals surface area (Å²) in [6.45, 7) is 7.52. The molecule has 6 aromatic rings. The fraction of sp³-hybridized carbons (Fsp3) is 0.0769. The van der Waals surface area contributed by atoms with Crippen LogP contribution in [0.1, 0.15) is 39.5 Å². The lowest BCUT2D eigenvalue weighted by atomic mass is 9.91. The second kappa shape index (κ2) is 14.9. The summed E-state index contributed by atoms with van der Waals surface area (Å²) in [6.07, 6.45) is -14.9. The van der Waals surface area contributed by atoms with E-state index in [-0.39, 0.29) is 18.2 Å². The van der Waals surface area contributed by atoms with Gasteiger partial charge in [0.1, 0.15) is 63.3 Å². The third kappa shape index (κ3) is 7.59. The van der Waals surface area contributed by atoms with E-state index in [1.54, 1.807) is 0 Å². The SMILES string of the molecule is [C-]#[N+]N=C1c2nc(-c3ccc(F)cc3F)c(-c3ccc(F)cc3C(F)(F)F)nc2C(=NC#N)c2nc(-c3ccc(F)cc3C(F)(F)F)c(-c3ccc(F)cc3C(F)(F)F)nc21. The molecule has 0 spiro atoms. The lowest BCUT2D eigenvalue weighted by molar-refractivity contribution is -0.138. The highest BCUT2D eigenvalue weighted by Gasteiger charge is 2.43. The molecule has 306 valence electrons. The van der Waals surface area contributed by atoms with E-state index in [4.69, 9.17) is 6.57 Å². The summed E-state index contributed by atoms with van der Waals surface area (Å²) in [7, 11) is 0. The summed E-state index contributed by atoms with van der Waals surface area (Å²) in [4.78, 5) is 23.0. The smallest absolute Gasteiger partial charge is 0.241 e. The van der Waals surface area contributed by atoms with Gasteiger partial charge in [0.15, 0.2) is 0 Å². The number of rotatable bonds is 4. The van der Waals surface area contributed by atoms with Gasteiger partial charge < -0.3 is 0 Å². The predicted octanol–water partition coefficient (Wildman–Crippen LogP) is 11.0. The van der Waals surface area contributed by atoms with Crippen LogP contribution in [-0.4, -0.2) is 31.4 Å². The maximum Gasteiger partial charge on any atom is 0.417 e. The molecule has 0 saturated carbocycles. The van der Waals surface area contributed by atoms with Crippen LogP contribution in [-0.2, 0) is 18.5 Å². The molecule has 0 radical (unpaired) electrons. The molecule has 4 aromatic carbocycles. The molecule has 0 fully saturated rings. The van der Waals surface area contributed by atoms with Crippen LogP contribution in [0.2, 0.25) is 0 Å². The van der Waals surface area contributed by atoms with Crippen molar-refractivity contribution in [1.29, 1.82) is 5.26 Å². The van der Waals surface area contributed by atoms with Crippen molar-refractivity contribution >= 4 is 11.4 Å². The third-order valence-electron chi connectivity index (χ3n) is 8.81. The zero-order valence-electron chi connectivity index (χ0n) is 29.3. The van der Waals surface area contributed by atoms with Crippen LogP contribution < -0.4 is 0 Å². The zero-order valence-corrected chi connectivity index (χ0v) is 29.3. The molecule has 1 aliphatic carbocycles. The molecule has 0 bridgehead atoms. The number of nitrogens with zero attached hydrogens (tertiary/aromatic N) is 8. The quantitative estimate of drug-likeness (QED) is 0.0759. The molecule has 2 heterocycles. The van der Waals surface area contributed by atoms with Gasteiger partial charge in [0, 0.05) is 28.3 Å².